The van der Waals surface area contributed by atoms with Crippen LogP contribution in [0.5, 0.6) is 5.75 Å². The van der Waals surface area contributed by atoms with E-state index in [2.05, 4.69) is 13.8 Å². The second-order valence-corrected chi connectivity index (χ2v) is 6.07. The van der Waals surface area contributed by atoms with Crippen molar-refractivity contribution in [2.75, 3.05) is 26.3 Å². The van der Waals surface area contributed by atoms with Gasteiger partial charge in [-0.05, 0) is 24.0 Å². The van der Waals surface area contributed by atoms with Gasteiger partial charge in [0.05, 0.1) is 19.1 Å². The molecule has 0 saturated carbocycles. The predicted octanol–water partition coefficient (Wildman–Crippen LogP) is 2.28. The fourth-order valence-corrected chi connectivity index (χ4v) is 2.73. The number of carboxylic acids is 1. The van der Waals surface area contributed by atoms with E-state index in [1.807, 2.05) is 24.3 Å². The van der Waals surface area contributed by atoms with Crippen LogP contribution in [0.25, 0.3) is 0 Å². The molecule has 2 atom stereocenters. The summed E-state index contributed by atoms with van der Waals surface area (Å²) in [6.45, 7) is 5.30. The zero-order chi connectivity index (χ0) is 17.5. The van der Waals surface area contributed by atoms with Gasteiger partial charge in [0.2, 0.25) is 0 Å². The van der Waals surface area contributed by atoms with Crippen LogP contribution in [0.2, 0.25) is 0 Å². The van der Waals surface area contributed by atoms with Crippen LogP contribution in [-0.4, -0.2) is 54.3 Å². The van der Waals surface area contributed by atoms with Crippen LogP contribution in [0.4, 0.5) is 0 Å². The molecule has 0 aliphatic carbocycles. The zero-order valence-electron chi connectivity index (χ0n) is 14.2. The third kappa shape index (κ3) is 4.96. The molecular formula is C18H25NO5. The Morgan fingerprint density at radius 1 is 1.42 bits per heavy atom. The van der Waals surface area contributed by atoms with E-state index in [0.717, 1.165) is 17.7 Å². The van der Waals surface area contributed by atoms with E-state index >= 15 is 0 Å². The second kappa shape index (κ2) is 8.68. The van der Waals surface area contributed by atoms with Crippen molar-refractivity contribution in [2.24, 2.45) is 0 Å². The Kier molecular flexibility index (Phi) is 6.61. The molecular weight excluding hydrogens is 310 g/mol. The Balaban J connectivity index is 1.92. The predicted molar refractivity (Wildman–Crippen MR) is 89.2 cm³/mol. The summed E-state index contributed by atoms with van der Waals surface area (Å²) < 4.78 is 11.1. The molecule has 0 radical (unpaired) electrons. The van der Waals surface area contributed by atoms with Gasteiger partial charge in [-0.3, -0.25) is 9.59 Å². The minimum absolute atomic E-state index is 0.0484. The topological polar surface area (TPSA) is 76.1 Å². The summed E-state index contributed by atoms with van der Waals surface area (Å²) in [4.78, 5) is 24.7. The number of morpholine rings is 1. The lowest BCUT2D eigenvalue weighted by atomic mass is 9.98. The van der Waals surface area contributed by atoms with Gasteiger partial charge in [-0.25, -0.2) is 0 Å². The van der Waals surface area contributed by atoms with Crippen molar-refractivity contribution in [3.8, 4) is 5.75 Å². The summed E-state index contributed by atoms with van der Waals surface area (Å²) in [5.41, 5.74) is 1.10. The van der Waals surface area contributed by atoms with Crippen LogP contribution in [0.1, 0.15) is 38.2 Å². The molecule has 0 bridgehead atoms. The van der Waals surface area contributed by atoms with Crippen molar-refractivity contribution in [1.82, 2.24) is 4.90 Å². The number of carbonyl (C=O) groups is 2. The van der Waals surface area contributed by atoms with Crippen molar-refractivity contribution in [3.63, 3.8) is 0 Å². The third-order valence-corrected chi connectivity index (χ3v) is 4.31. The van der Waals surface area contributed by atoms with E-state index in [4.69, 9.17) is 14.6 Å². The number of nitrogens with zero attached hydrogens (tertiary/aromatic N) is 1. The molecule has 1 amide bonds. The molecule has 2 unspecified atom stereocenters. The Labute approximate surface area is 142 Å². The molecule has 1 saturated heterocycles. The SMILES string of the molecule is CCC(C)c1ccccc1OCC(=O)N1CCOC(CC(=O)O)C1. The molecule has 24 heavy (non-hydrogen) atoms. The standard InChI is InChI=1S/C18H25NO5/c1-3-13(2)15-6-4-5-7-16(15)24-12-17(20)19-8-9-23-14(11-19)10-18(21)22/h4-7,13-14H,3,8-12H2,1-2H3,(H,21,22). The van der Waals surface area contributed by atoms with Crippen LogP contribution >= 0.6 is 0 Å². The molecule has 2 rings (SSSR count). The molecule has 1 heterocycles. The highest BCUT2D eigenvalue weighted by Crippen LogP contribution is 2.28. The van der Waals surface area contributed by atoms with Gasteiger partial charge in [-0.15, -0.1) is 0 Å². The van der Waals surface area contributed by atoms with Gasteiger partial charge in [-0.1, -0.05) is 32.0 Å². The first-order valence-electron chi connectivity index (χ1n) is 8.34. The summed E-state index contributed by atoms with van der Waals surface area (Å²) in [7, 11) is 0. The number of benzene rings is 1. The Morgan fingerprint density at radius 3 is 2.88 bits per heavy atom. The molecule has 1 aliphatic heterocycles. The summed E-state index contributed by atoms with van der Waals surface area (Å²) in [5, 5.41) is 8.84. The maximum absolute atomic E-state index is 12.4. The summed E-state index contributed by atoms with van der Waals surface area (Å²) in [5.74, 6) is 0.0239. The first-order chi connectivity index (χ1) is 11.5. The highest BCUT2D eigenvalue weighted by molar-refractivity contribution is 5.78. The van der Waals surface area contributed by atoms with Crippen LogP contribution in [0, 0.1) is 0 Å². The largest absolute Gasteiger partial charge is 0.483 e. The zero-order valence-corrected chi connectivity index (χ0v) is 14.2. The quantitative estimate of drug-likeness (QED) is 0.827. The number of carboxylic acid groups (broad SMARTS) is 1. The van der Waals surface area contributed by atoms with E-state index in [1.165, 1.54) is 0 Å². The number of carbonyl (C=O) groups excluding carboxylic acids is 1. The maximum Gasteiger partial charge on any atom is 0.306 e. The van der Waals surface area contributed by atoms with Crippen LogP contribution in [0.3, 0.4) is 0 Å². The lowest BCUT2D eigenvalue weighted by Gasteiger charge is -2.32. The highest BCUT2D eigenvalue weighted by Gasteiger charge is 2.26. The molecule has 1 fully saturated rings. The Morgan fingerprint density at radius 2 is 2.17 bits per heavy atom. The van der Waals surface area contributed by atoms with Gasteiger partial charge in [0, 0.05) is 13.1 Å². The van der Waals surface area contributed by atoms with E-state index in [9.17, 15) is 9.59 Å². The molecule has 6 heteroatoms. The molecule has 0 spiro atoms. The molecule has 1 aromatic carbocycles. The molecule has 1 aliphatic rings. The van der Waals surface area contributed by atoms with Gasteiger partial charge in [-0.2, -0.15) is 0 Å². The lowest BCUT2D eigenvalue weighted by Crippen LogP contribution is -2.47. The molecule has 132 valence electrons. The van der Waals surface area contributed by atoms with Gasteiger partial charge < -0.3 is 19.5 Å². The number of amides is 1. The van der Waals surface area contributed by atoms with Crippen LogP contribution in [-0.2, 0) is 14.3 Å². The minimum Gasteiger partial charge on any atom is -0.483 e. The van der Waals surface area contributed by atoms with Crippen molar-refractivity contribution in [2.45, 2.75) is 38.7 Å². The van der Waals surface area contributed by atoms with Crippen LogP contribution in [0.15, 0.2) is 24.3 Å². The van der Waals surface area contributed by atoms with Gasteiger partial charge in [0.1, 0.15) is 5.75 Å². The Bertz CT molecular complexity index is 574. The monoisotopic (exact) mass is 335 g/mol. The van der Waals surface area contributed by atoms with Gasteiger partial charge >= 0.3 is 5.97 Å². The van der Waals surface area contributed by atoms with Crippen molar-refractivity contribution >= 4 is 11.9 Å². The summed E-state index contributed by atoms with van der Waals surface area (Å²) in [6.07, 6.45) is 0.448. The first-order valence-corrected chi connectivity index (χ1v) is 8.34. The van der Waals surface area contributed by atoms with E-state index < -0.39 is 12.1 Å². The van der Waals surface area contributed by atoms with Gasteiger partial charge in [0.15, 0.2) is 6.61 Å². The first kappa shape index (κ1) is 18.3. The van der Waals surface area contributed by atoms with Gasteiger partial charge in [0.25, 0.3) is 5.91 Å². The average Bonchev–Trinajstić information content (AvgIpc) is 2.59. The fraction of sp³-hybridized carbons (Fsp3) is 0.556. The highest BCUT2D eigenvalue weighted by atomic mass is 16.5. The van der Waals surface area contributed by atoms with Crippen molar-refractivity contribution < 1.29 is 24.2 Å². The summed E-state index contributed by atoms with van der Waals surface area (Å²) >= 11 is 0. The molecule has 0 aromatic heterocycles. The smallest absolute Gasteiger partial charge is 0.306 e. The second-order valence-electron chi connectivity index (χ2n) is 6.07. The fourth-order valence-electron chi connectivity index (χ4n) is 2.73. The third-order valence-electron chi connectivity index (χ3n) is 4.31. The summed E-state index contributed by atoms with van der Waals surface area (Å²) in [6, 6.07) is 7.75. The molecule has 1 N–H and O–H groups in total. The lowest BCUT2D eigenvalue weighted by molar-refractivity contribution is -0.148. The number of ether oxygens (including phenoxy) is 2. The van der Waals surface area contributed by atoms with Crippen molar-refractivity contribution in [3.05, 3.63) is 29.8 Å². The van der Waals surface area contributed by atoms with E-state index in [-0.39, 0.29) is 18.9 Å². The van der Waals surface area contributed by atoms with E-state index in [0.29, 0.717) is 25.6 Å². The van der Waals surface area contributed by atoms with E-state index in [1.54, 1.807) is 4.90 Å². The number of aliphatic carboxylic acids is 1. The maximum atomic E-state index is 12.4. The number of hydrogen-bond donors (Lipinski definition) is 1. The number of rotatable bonds is 7. The van der Waals surface area contributed by atoms with Crippen LogP contribution < -0.4 is 4.74 Å². The number of hydrogen-bond acceptors (Lipinski definition) is 4. The normalized spacial score (nSPS) is 18.9. The molecule has 6 nitrogen and oxygen atoms in total. The van der Waals surface area contributed by atoms with Crippen molar-refractivity contribution in [1.29, 1.82) is 0 Å². The average molecular weight is 335 g/mol. The number of para-hydroxylation sites is 1. The minimum atomic E-state index is -0.923. The molecule has 1 aromatic rings. The Hall–Kier alpha value is -2.08.